The van der Waals surface area contributed by atoms with Gasteiger partial charge >= 0.3 is 0 Å². The van der Waals surface area contributed by atoms with Gasteiger partial charge in [-0.1, -0.05) is 6.07 Å². The first-order chi connectivity index (χ1) is 9.56. The van der Waals surface area contributed by atoms with Crippen LogP contribution in [0.1, 0.15) is 30.0 Å². The molecule has 0 saturated heterocycles. The Bertz CT molecular complexity index is 713. The van der Waals surface area contributed by atoms with Gasteiger partial charge < -0.3 is 0 Å². The molecule has 1 aromatic carbocycles. The van der Waals surface area contributed by atoms with Gasteiger partial charge in [0.15, 0.2) is 0 Å². The van der Waals surface area contributed by atoms with Gasteiger partial charge in [-0.2, -0.15) is 5.10 Å². The number of sulfonamides is 1. The number of aromatic amines is 1. The van der Waals surface area contributed by atoms with Crippen LogP contribution in [0.15, 0.2) is 35.5 Å². The third-order valence-electron chi connectivity index (χ3n) is 3.50. The van der Waals surface area contributed by atoms with Crippen molar-refractivity contribution in [1.82, 2.24) is 14.9 Å². The number of aromatic nitrogens is 2. The van der Waals surface area contributed by atoms with Crippen LogP contribution in [0, 0.1) is 5.82 Å². The van der Waals surface area contributed by atoms with E-state index in [-0.39, 0.29) is 16.8 Å². The molecule has 0 bridgehead atoms. The van der Waals surface area contributed by atoms with Crippen molar-refractivity contribution in [3.05, 3.63) is 47.5 Å². The summed E-state index contributed by atoms with van der Waals surface area (Å²) in [4.78, 5) is 0.103. The molecule has 2 N–H and O–H groups in total. The SMILES string of the molecule is O=S(=O)(NC1CCCc2cc(F)ccc21)c1cn[nH]c1. The van der Waals surface area contributed by atoms with Gasteiger partial charge in [-0.15, -0.1) is 0 Å². The van der Waals surface area contributed by atoms with E-state index in [4.69, 9.17) is 0 Å². The molecule has 1 aromatic heterocycles. The predicted octanol–water partition coefficient (Wildman–Crippen LogP) is 1.90. The molecule has 0 amide bonds. The van der Waals surface area contributed by atoms with Gasteiger partial charge in [0.25, 0.3) is 0 Å². The van der Waals surface area contributed by atoms with Crippen LogP contribution in [0.4, 0.5) is 4.39 Å². The Kier molecular flexibility index (Phi) is 3.31. The maximum Gasteiger partial charge on any atom is 0.244 e. The number of hydrogen-bond donors (Lipinski definition) is 2. The fraction of sp³-hybridized carbons (Fsp3) is 0.308. The molecule has 1 unspecified atom stereocenters. The molecular weight excluding hydrogens is 281 g/mol. The molecule has 7 heteroatoms. The summed E-state index contributed by atoms with van der Waals surface area (Å²) in [6.07, 6.45) is 4.90. The maximum absolute atomic E-state index is 13.2. The lowest BCUT2D eigenvalue weighted by atomic mass is 9.88. The zero-order chi connectivity index (χ0) is 14.2. The molecule has 0 radical (unpaired) electrons. The van der Waals surface area contributed by atoms with Gasteiger partial charge in [-0.3, -0.25) is 5.10 Å². The van der Waals surface area contributed by atoms with E-state index in [0.29, 0.717) is 6.42 Å². The van der Waals surface area contributed by atoms with Crippen molar-refractivity contribution in [2.24, 2.45) is 0 Å². The van der Waals surface area contributed by atoms with Gasteiger partial charge in [0.2, 0.25) is 10.0 Å². The van der Waals surface area contributed by atoms with Crippen LogP contribution in [0.5, 0.6) is 0 Å². The van der Waals surface area contributed by atoms with Crippen LogP contribution in [0.3, 0.4) is 0 Å². The second-order valence-electron chi connectivity index (χ2n) is 4.84. The second kappa shape index (κ2) is 4.99. The van der Waals surface area contributed by atoms with Crippen molar-refractivity contribution in [2.45, 2.75) is 30.2 Å². The van der Waals surface area contributed by atoms with E-state index in [2.05, 4.69) is 14.9 Å². The summed E-state index contributed by atoms with van der Waals surface area (Å²) >= 11 is 0. The minimum atomic E-state index is -3.61. The minimum absolute atomic E-state index is 0.103. The average molecular weight is 295 g/mol. The van der Waals surface area contributed by atoms with Gasteiger partial charge in [0.1, 0.15) is 10.7 Å². The third kappa shape index (κ3) is 2.46. The van der Waals surface area contributed by atoms with Crippen molar-refractivity contribution in [1.29, 1.82) is 0 Å². The third-order valence-corrected chi connectivity index (χ3v) is 4.94. The lowest BCUT2D eigenvalue weighted by Gasteiger charge is -2.26. The highest BCUT2D eigenvalue weighted by Crippen LogP contribution is 2.31. The van der Waals surface area contributed by atoms with Gasteiger partial charge in [0.05, 0.1) is 6.20 Å². The molecule has 3 rings (SSSR count). The van der Waals surface area contributed by atoms with Crippen molar-refractivity contribution in [2.75, 3.05) is 0 Å². The number of hydrogen-bond acceptors (Lipinski definition) is 3. The largest absolute Gasteiger partial charge is 0.284 e. The number of halogens is 1. The summed E-state index contributed by atoms with van der Waals surface area (Å²) in [7, 11) is -3.61. The number of nitrogens with zero attached hydrogens (tertiary/aromatic N) is 1. The molecule has 1 atom stereocenters. The lowest BCUT2D eigenvalue weighted by molar-refractivity contribution is 0.504. The quantitative estimate of drug-likeness (QED) is 0.908. The zero-order valence-electron chi connectivity index (χ0n) is 10.6. The molecule has 2 aromatic rings. The molecule has 1 aliphatic carbocycles. The number of fused-ring (bicyclic) bond motifs is 1. The molecule has 1 aliphatic rings. The summed E-state index contributed by atoms with van der Waals surface area (Å²) in [6.45, 7) is 0. The second-order valence-corrected chi connectivity index (χ2v) is 6.56. The Morgan fingerprint density at radius 3 is 3.00 bits per heavy atom. The smallest absolute Gasteiger partial charge is 0.244 e. The topological polar surface area (TPSA) is 74.8 Å². The highest BCUT2D eigenvalue weighted by Gasteiger charge is 2.26. The van der Waals surface area contributed by atoms with Crippen LogP contribution < -0.4 is 4.72 Å². The van der Waals surface area contributed by atoms with Crippen LogP contribution in [0.25, 0.3) is 0 Å². The van der Waals surface area contributed by atoms with E-state index in [1.54, 1.807) is 6.07 Å². The van der Waals surface area contributed by atoms with E-state index in [9.17, 15) is 12.8 Å². The van der Waals surface area contributed by atoms with E-state index < -0.39 is 10.0 Å². The monoisotopic (exact) mass is 295 g/mol. The molecule has 0 saturated carbocycles. The number of aryl methyl sites for hydroxylation is 1. The molecule has 20 heavy (non-hydrogen) atoms. The fourth-order valence-corrected chi connectivity index (χ4v) is 3.70. The Morgan fingerprint density at radius 1 is 1.40 bits per heavy atom. The molecule has 0 aliphatic heterocycles. The Labute approximate surface area is 116 Å². The van der Waals surface area contributed by atoms with Crippen LogP contribution >= 0.6 is 0 Å². The minimum Gasteiger partial charge on any atom is -0.284 e. The van der Waals surface area contributed by atoms with Crippen molar-refractivity contribution < 1.29 is 12.8 Å². The van der Waals surface area contributed by atoms with E-state index in [1.165, 1.54) is 24.5 Å². The maximum atomic E-state index is 13.2. The summed E-state index contributed by atoms with van der Waals surface area (Å²) < 4.78 is 40.3. The lowest BCUT2D eigenvalue weighted by Crippen LogP contribution is -2.31. The first-order valence-corrected chi connectivity index (χ1v) is 7.84. The van der Waals surface area contributed by atoms with Gasteiger partial charge in [0, 0.05) is 12.2 Å². The summed E-state index contributed by atoms with van der Waals surface area (Å²) in [5.41, 5.74) is 1.72. The van der Waals surface area contributed by atoms with Gasteiger partial charge in [-0.25, -0.2) is 17.5 Å². The highest BCUT2D eigenvalue weighted by molar-refractivity contribution is 7.89. The first-order valence-electron chi connectivity index (χ1n) is 6.36. The summed E-state index contributed by atoms with van der Waals surface area (Å²) in [6, 6.07) is 4.18. The van der Waals surface area contributed by atoms with Crippen molar-refractivity contribution >= 4 is 10.0 Å². The van der Waals surface area contributed by atoms with E-state index in [1.807, 2.05) is 0 Å². The number of H-pyrrole nitrogens is 1. The van der Waals surface area contributed by atoms with E-state index in [0.717, 1.165) is 24.0 Å². The highest BCUT2D eigenvalue weighted by atomic mass is 32.2. The average Bonchev–Trinajstić information content (AvgIpc) is 2.93. The summed E-state index contributed by atoms with van der Waals surface area (Å²) in [5, 5.41) is 6.12. The van der Waals surface area contributed by atoms with Crippen LogP contribution in [-0.2, 0) is 16.4 Å². The molecule has 0 fully saturated rings. The van der Waals surface area contributed by atoms with Crippen LogP contribution in [-0.4, -0.2) is 18.6 Å². The molecule has 5 nitrogen and oxygen atoms in total. The Hall–Kier alpha value is -1.73. The molecular formula is C13H14FN3O2S. The number of benzene rings is 1. The van der Waals surface area contributed by atoms with Crippen LogP contribution in [0.2, 0.25) is 0 Å². The van der Waals surface area contributed by atoms with Crippen molar-refractivity contribution in [3.63, 3.8) is 0 Å². The fourth-order valence-electron chi connectivity index (χ4n) is 2.55. The predicted molar refractivity (Wildman–Crippen MR) is 71.0 cm³/mol. The van der Waals surface area contributed by atoms with Gasteiger partial charge in [-0.05, 0) is 42.5 Å². The van der Waals surface area contributed by atoms with Crippen molar-refractivity contribution in [3.8, 4) is 0 Å². The normalized spacial score (nSPS) is 18.8. The summed E-state index contributed by atoms with van der Waals surface area (Å²) in [5.74, 6) is -0.290. The number of nitrogens with one attached hydrogen (secondary N) is 2. The Morgan fingerprint density at radius 2 is 2.25 bits per heavy atom. The van der Waals surface area contributed by atoms with E-state index >= 15 is 0 Å². The standard InChI is InChI=1S/C13H14FN3O2S/c14-10-4-5-12-9(6-10)2-1-3-13(12)17-20(18,19)11-7-15-16-8-11/h4-8,13,17H,1-3H2,(H,15,16). The Balaban J connectivity index is 1.90. The molecule has 1 heterocycles. The molecule has 0 spiro atoms. The zero-order valence-corrected chi connectivity index (χ0v) is 11.5. The number of rotatable bonds is 3. The first kappa shape index (κ1) is 13.3. The molecule has 106 valence electrons.